The molecule has 0 aromatic heterocycles. The van der Waals surface area contributed by atoms with Crippen LogP contribution < -0.4 is 10.5 Å². The molecule has 0 atom stereocenters. The maximum atomic E-state index is 10.7. The molecule has 0 radical (unpaired) electrons. The van der Waals surface area contributed by atoms with E-state index < -0.39 is 10.0 Å². The molecule has 17 heavy (non-hydrogen) atoms. The summed E-state index contributed by atoms with van der Waals surface area (Å²) < 4.78 is 22.2. The Balaban J connectivity index is 2.53. The van der Waals surface area contributed by atoms with Crippen LogP contribution in [0.25, 0.3) is 0 Å². The number of halogens is 1. The van der Waals surface area contributed by atoms with Crippen LogP contribution in [-0.4, -0.2) is 20.7 Å². The summed E-state index contributed by atoms with van der Waals surface area (Å²) in [5, 5.41) is 16.7. The van der Waals surface area contributed by atoms with E-state index in [0.29, 0.717) is 18.5 Å². The maximum Gasteiger partial charge on any atom is 0.209 e. The molecular weight excluding hydrogens is 306 g/mol. The molecule has 3 N–H and O–H groups in total. The molecule has 0 aliphatic carbocycles. The molecule has 1 rings (SSSR count). The van der Waals surface area contributed by atoms with Gasteiger partial charge in [0.1, 0.15) is 0 Å². The van der Waals surface area contributed by atoms with Gasteiger partial charge in [0, 0.05) is 16.7 Å². The smallest absolute Gasteiger partial charge is 0.209 e. The molecule has 0 spiro atoms. The third-order valence-corrected chi connectivity index (χ3v) is 3.28. The predicted octanol–water partition coefficient (Wildman–Crippen LogP) is 1.41. The highest BCUT2D eigenvalue weighted by atomic mass is 79.9. The first-order chi connectivity index (χ1) is 7.90. The van der Waals surface area contributed by atoms with Gasteiger partial charge in [-0.1, -0.05) is 15.9 Å². The van der Waals surface area contributed by atoms with E-state index >= 15 is 0 Å². The fourth-order valence-electron chi connectivity index (χ4n) is 1.26. The number of hydrogen-bond donors (Lipinski definition) is 2. The van der Waals surface area contributed by atoms with E-state index in [2.05, 4.69) is 21.2 Å². The zero-order valence-electron chi connectivity index (χ0n) is 8.98. The van der Waals surface area contributed by atoms with Gasteiger partial charge in [-0.15, -0.1) is 0 Å². The van der Waals surface area contributed by atoms with Crippen molar-refractivity contribution in [2.24, 2.45) is 5.14 Å². The minimum absolute atomic E-state index is 0.0564. The van der Waals surface area contributed by atoms with Crippen molar-refractivity contribution in [2.75, 3.05) is 17.6 Å². The monoisotopic (exact) mass is 317 g/mol. The van der Waals surface area contributed by atoms with Crippen LogP contribution in [0.3, 0.4) is 0 Å². The Hall–Kier alpha value is -1.10. The van der Waals surface area contributed by atoms with Crippen LogP contribution >= 0.6 is 15.9 Å². The van der Waals surface area contributed by atoms with Gasteiger partial charge in [-0.3, -0.25) is 0 Å². The quantitative estimate of drug-likeness (QED) is 0.802. The topological polar surface area (TPSA) is 96.0 Å². The number of hydrogen-bond acceptors (Lipinski definition) is 4. The molecule has 1 aromatic carbocycles. The van der Waals surface area contributed by atoms with Gasteiger partial charge in [0.05, 0.1) is 17.4 Å². The summed E-state index contributed by atoms with van der Waals surface area (Å²) in [7, 11) is -3.40. The van der Waals surface area contributed by atoms with Gasteiger partial charge < -0.3 is 5.32 Å². The van der Waals surface area contributed by atoms with Gasteiger partial charge in [0.15, 0.2) is 0 Å². The molecular formula is C10H12BrN3O2S. The lowest BCUT2D eigenvalue weighted by atomic mass is 10.2. The number of nitrogens with one attached hydrogen (secondary N) is 1. The third-order valence-electron chi connectivity index (χ3n) is 1.96. The number of nitrogens with two attached hydrogens (primary N) is 1. The third kappa shape index (κ3) is 5.68. The average molecular weight is 318 g/mol. The van der Waals surface area contributed by atoms with Crippen LogP contribution in [0.4, 0.5) is 5.69 Å². The van der Waals surface area contributed by atoms with Crippen molar-refractivity contribution >= 4 is 31.6 Å². The number of primary sulfonamides is 1. The van der Waals surface area contributed by atoms with Crippen LogP contribution in [0.5, 0.6) is 0 Å². The Kier molecular flexibility index (Phi) is 4.93. The number of nitriles is 1. The normalized spacial score (nSPS) is 10.9. The predicted molar refractivity (Wildman–Crippen MR) is 69.9 cm³/mol. The Bertz CT molecular complexity index is 537. The number of sulfonamides is 1. The SMILES string of the molecule is N#Cc1cc(Br)cc(NCCCS(N)(=O)=O)c1. The minimum Gasteiger partial charge on any atom is -0.385 e. The fourth-order valence-corrected chi connectivity index (χ4v) is 2.30. The first-order valence-corrected chi connectivity index (χ1v) is 7.36. The standard InChI is InChI=1S/C10H12BrN3O2S/c11-9-4-8(7-12)5-10(6-9)14-2-1-3-17(13,15)16/h4-6,14H,1-3H2,(H2,13,15,16). The van der Waals surface area contributed by atoms with Crippen LogP contribution in [0, 0.1) is 11.3 Å². The number of nitrogens with zero attached hydrogens (tertiary/aromatic N) is 1. The lowest BCUT2D eigenvalue weighted by Gasteiger charge is -2.06. The van der Waals surface area contributed by atoms with Gasteiger partial charge in [-0.25, -0.2) is 13.6 Å². The lowest BCUT2D eigenvalue weighted by molar-refractivity contribution is 0.596. The second kappa shape index (κ2) is 6.00. The average Bonchev–Trinajstić information content (AvgIpc) is 2.22. The highest BCUT2D eigenvalue weighted by Gasteiger charge is 2.02. The molecule has 0 heterocycles. The summed E-state index contributed by atoms with van der Waals surface area (Å²) in [6.45, 7) is 0.484. The van der Waals surface area contributed by atoms with E-state index in [1.165, 1.54) is 0 Å². The van der Waals surface area contributed by atoms with Gasteiger partial charge >= 0.3 is 0 Å². The summed E-state index contributed by atoms with van der Waals surface area (Å²) in [6.07, 6.45) is 0.424. The molecule has 5 nitrogen and oxygen atoms in total. The maximum absolute atomic E-state index is 10.7. The van der Waals surface area contributed by atoms with E-state index in [-0.39, 0.29) is 5.75 Å². The van der Waals surface area contributed by atoms with Crippen molar-refractivity contribution < 1.29 is 8.42 Å². The first-order valence-electron chi connectivity index (χ1n) is 4.86. The summed E-state index contributed by atoms with van der Waals surface area (Å²) in [5.41, 5.74) is 1.30. The number of benzene rings is 1. The zero-order chi connectivity index (χ0) is 12.9. The number of anilines is 1. The number of rotatable bonds is 5. The van der Waals surface area contributed by atoms with Gasteiger partial charge in [0.25, 0.3) is 0 Å². The second-order valence-corrected chi connectivity index (χ2v) is 6.14. The Morgan fingerprint density at radius 3 is 2.71 bits per heavy atom. The minimum atomic E-state index is -3.40. The van der Waals surface area contributed by atoms with E-state index in [0.717, 1.165) is 10.2 Å². The van der Waals surface area contributed by atoms with Crippen molar-refractivity contribution in [1.29, 1.82) is 5.26 Å². The van der Waals surface area contributed by atoms with Crippen LogP contribution in [-0.2, 0) is 10.0 Å². The van der Waals surface area contributed by atoms with Gasteiger partial charge in [0.2, 0.25) is 10.0 Å². The second-order valence-electron chi connectivity index (χ2n) is 3.49. The van der Waals surface area contributed by atoms with Crippen LogP contribution in [0.15, 0.2) is 22.7 Å². The van der Waals surface area contributed by atoms with Crippen molar-refractivity contribution in [1.82, 2.24) is 0 Å². The molecule has 0 bridgehead atoms. The molecule has 0 aliphatic heterocycles. The summed E-state index contributed by atoms with van der Waals surface area (Å²) in [6, 6.07) is 7.25. The Labute approximate surface area is 109 Å². The molecule has 92 valence electrons. The fraction of sp³-hybridized carbons (Fsp3) is 0.300. The summed E-state index contributed by atoms with van der Waals surface area (Å²) in [4.78, 5) is 0. The van der Waals surface area contributed by atoms with Gasteiger partial charge in [-0.2, -0.15) is 5.26 Å². The van der Waals surface area contributed by atoms with Gasteiger partial charge in [-0.05, 0) is 24.6 Å². The summed E-state index contributed by atoms with van der Waals surface area (Å²) >= 11 is 3.29. The Morgan fingerprint density at radius 1 is 1.41 bits per heavy atom. The molecule has 0 aliphatic rings. The molecule has 1 aromatic rings. The van der Waals surface area contributed by atoms with E-state index in [4.69, 9.17) is 10.4 Å². The van der Waals surface area contributed by atoms with Crippen molar-refractivity contribution in [2.45, 2.75) is 6.42 Å². The highest BCUT2D eigenvalue weighted by Crippen LogP contribution is 2.19. The van der Waals surface area contributed by atoms with Crippen molar-refractivity contribution in [3.8, 4) is 6.07 Å². The van der Waals surface area contributed by atoms with Crippen molar-refractivity contribution in [3.63, 3.8) is 0 Å². The zero-order valence-corrected chi connectivity index (χ0v) is 11.4. The van der Waals surface area contributed by atoms with Crippen LogP contribution in [0.1, 0.15) is 12.0 Å². The Morgan fingerprint density at radius 2 is 2.12 bits per heavy atom. The molecule has 7 heteroatoms. The molecule has 0 saturated carbocycles. The molecule has 0 amide bonds. The highest BCUT2D eigenvalue weighted by molar-refractivity contribution is 9.10. The van der Waals surface area contributed by atoms with Crippen LogP contribution in [0.2, 0.25) is 0 Å². The van der Waals surface area contributed by atoms with Crippen molar-refractivity contribution in [3.05, 3.63) is 28.2 Å². The molecule has 0 fully saturated rings. The largest absolute Gasteiger partial charge is 0.385 e. The van der Waals surface area contributed by atoms with E-state index in [1.807, 2.05) is 12.1 Å². The molecule has 0 saturated heterocycles. The summed E-state index contributed by atoms with van der Waals surface area (Å²) in [5.74, 6) is -0.0564. The van der Waals surface area contributed by atoms with E-state index in [9.17, 15) is 8.42 Å². The molecule has 0 unspecified atom stereocenters. The first kappa shape index (κ1) is 14.0. The lowest BCUT2D eigenvalue weighted by Crippen LogP contribution is -2.18. The van der Waals surface area contributed by atoms with E-state index in [1.54, 1.807) is 12.1 Å².